The van der Waals surface area contributed by atoms with Gasteiger partial charge in [-0.2, -0.15) is 0 Å². The first kappa shape index (κ1) is 18.7. The molecule has 3 aromatic rings. The minimum Gasteiger partial charge on any atom is -0.449 e. The molecular formula is C20H17FN2O3S. The number of amides is 1. The topological polar surface area (TPSA) is 68.3 Å². The van der Waals surface area contributed by atoms with Crippen LogP contribution in [0.1, 0.15) is 17.5 Å². The van der Waals surface area contributed by atoms with Crippen LogP contribution in [0.3, 0.4) is 0 Å². The normalized spacial score (nSPS) is 12.3. The molecule has 5 nitrogen and oxygen atoms in total. The van der Waals surface area contributed by atoms with Crippen molar-refractivity contribution in [1.82, 2.24) is 4.98 Å². The Morgan fingerprint density at radius 2 is 2.04 bits per heavy atom. The van der Waals surface area contributed by atoms with Crippen molar-refractivity contribution in [2.45, 2.75) is 20.0 Å². The predicted octanol–water partition coefficient (Wildman–Crippen LogP) is 4.33. The predicted molar refractivity (Wildman–Crippen MR) is 104 cm³/mol. The molecule has 0 aliphatic carbocycles. The Morgan fingerprint density at radius 1 is 1.26 bits per heavy atom. The third-order valence-electron chi connectivity index (χ3n) is 3.77. The third-order valence-corrected chi connectivity index (χ3v) is 4.78. The van der Waals surface area contributed by atoms with E-state index in [1.165, 1.54) is 30.4 Å². The van der Waals surface area contributed by atoms with Crippen molar-refractivity contribution in [3.63, 3.8) is 0 Å². The summed E-state index contributed by atoms with van der Waals surface area (Å²) in [6, 6.07) is 12.0. The summed E-state index contributed by atoms with van der Waals surface area (Å²) in [6.07, 6.45) is 1.75. The van der Waals surface area contributed by atoms with Gasteiger partial charge in [0.15, 0.2) is 6.10 Å². The van der Waals surface area contributed by atoms with Crippen LogP contribution in [0.2, 0.25) is 0 Å². The first-order valence-electron chi connectivity index (χ1n) is 8.23. The van der Waals surface area contributed by atoms with Crippen LogP contribution in [0.15, 0.2) is 48.5 Å². The van der Waals surface area contributed by atoms with Crippen LogP contribution < -0.4 is 5.32 Å². The number of hydrogen-bond acceptors (Lipinski definition) is 5. The maximum absolute atomic E-state index is 13.5. The Morgan fingerprint density at radius 3 is 2.78 bits per heavy atom. The van der Waals surface area contributed by atoms with Gasteiger partial charge < -0.3 is 10.1 Å². The minimum absolute atomic E-state index is 0.302. The Kier molecular flexibility index (Phi) is 5.61. The molecule has 1 heterocycles. The molecule has 0 spiro atoms. The number of fused-ring (bicyclic) bond motifs is 1. The second-order valence-corrected chi connectivity index (χ2v) is 6.95. The van der Waals surface area contributed by atoms with Crippen LogP contribution in [0.5, 0.6) is 0 Å². The van der Waals surface area contributed by atoms with E-state index in [2.05, 4.69) is 10.3 Å². The minimum atomic E-state index is -1.03. The quantitative estimate of drug-likeness (QED) is 0.525. The molecule has 0 aliphatic heterocycles. The van der Waals surface area contributed by atoms with Gasteiger partial charge in [-0.05, 0) is 49.8 Å². The van der Waals surface area contributed by atoms with Gasteiger partial charge in [-0.25, -0.2) is 14.2 Å². The van der Waals surface area contributed by atoms with Crippen LogP contribution in [-0.2, 0) is 14.3 Å². The highest BCUT2D eigenvalue weighted by molar-refractivity contribution is 7.19. The number of halogens is 1. The van der Waals surface area contributed by atoms with Crippen molar-refractivity contribution < 1.29 is 18.7 Å². The molecule has 7 heteroatoms. The maximum Gasteiger partial charge on any atom is 0.331 e. The van der Waals surface area contributed by atoms with Crippen LogP contribution in [-0.4, -0.2) is 23.0 Å². The molecule has 1 N–H and O–H groups in total. The molecule has 0 bridgehead atoms. The fraction of sp³-hybridized carbons (Fsp3) is 0.150. The van der Waals surface area contributed by atoms with Gasteiger partial charge in [0.1, 0.15) is 10.8 Å². The Balaban J connectivity index is 1.57. The number of nitrogens with one attached hydrogen (secondary N) is 1. The molecule has 27 heavy (non-hydrogen) atoms. The largest absolute Gasteiger partial charge is 0.449 e. The molecule has 1 aromatic heterocycles. The number of esters is 1. The highest BCUT2D eigenvalue weighted by Gasteiger charge is 2.17. The Hall–Kier alpha value is -3.06. The van der Waals surface area contributed by atoms with Crippen molar-refractivity contribution in [2.24, 2.45) is 0 Å². The van der Waals surface area contributed by atoms with Crippen LogP contribution >= 0.6 is 11.3 Å². The van der Waals surface area contributed by atoms with Crippen LogP contribution in [0.25, 0.3) is 16.3 Å². The van der Waals surface area contributed by atoms with E-state index in [9.17, 15) is 14.0 Å². The van der Waals surface area contributed by atoms with Gasteiger partial charge in [-0.1, -0.05) is 18.2 Å². The molecule has 0 fully saturated rings. The van der Waals surface area contributed by atoms with Gasteiger partial charge in [0, 0.05) is 11.8 Å². The number of aryl methyl sites for hydroxylation is 1. The van der Waals surface area contributed by atoms with Crippen molar-refractivity contribution >= 4 is 45.2 Å². The molecule has 1 amide bonds. The summed E-state index contributed by atoms with van der Waals surface area (Å²) in [5.74, 6) is -1.62. The fourth-order valence-corrected chi connectivity index (χ4v) is 3.15. The lowest BCUT2D eigenvalue weighted by molar-refractivity contribution is -0.148. The molecule has 0 radical (unpaired) electrons. The first-order chi connectivity index (χ1) is 12.9. The summed E-state index contributed by atoms with van der Waals surface area (Å²) in [5.41, 5.74) is 1.64. The molecule has 0 saturated carbocycles. The van der Waals surface area contributed by atoms with E-state index in [1.54, 1.807) is 25.1 Å². The van der Waals surface area contributed by atoms with Crippen molar-refractivity contribution in [2.75, 3.05) is 5.32 Å². The van der Waals surface area contributed by atoms with Gasteiger partial charge in [-0.15, -0.1) is 11.3 Å². The zero-order chi connectivity index (χ0) is 19.4. The van der Waals surface area contributed by atoms with Crippen LogP contribution in [0, 0.1) is 12.7 Å². The number of para-hydroxylation sites is 1. The number of nitrogens with zero attached hydrogens (tertiary/aromatic N) is 1. The van der Waals surface area contributed by atoms with Gasteiger partial charge in [0.25, 0.3) is 5.91 Å². The third kappa shape index (κ3) is 4.77. The molecule has 138 valence electrons. The summed E-state index contributed by atoms with van der Waals surface area (Å²) in [5, 5.41) is 3.18. The lowest BCUT2D eigenvalue weighted by atomic mass is 10.2. The Bertz CT molecular complexity index is 996. The van der Waals surface area contributed by atoms with Gasteiger partial charge in [-0.3, -0.25) is 4.79 Å². The molecule has 0 unspecified atom stereocenters. The smallest absolute Gasteiger partial charge is 0.331 e. The number of ether oxygens (including phenoxy) is 1. The number of thiazole rings is 1. The number of rotatable bonds is 5. The molecular weight excluding hydrogens is 367 g/mol. The number of carbonyl (C=O) groups is 2. The van der Waals surface area contributed by atoms with E-state index in [0.29, 0.717) is 16.3 Å². The second kappa shape index (κ2) is 8.09. The monoisotopic (exact) mass is 384 g/mol. The summed E-state index contributed by atoms with van der Waals surface area (Å²) >= 11 is 1.45. The summed E-state index contributed by atoms with van der Waals surface area (Å²) < 4.78 is 19.6. The van der Waals surface area contributed by atoms with E-state index in [0.717, 1.165) is 10.2 Å². The van der Waals surface area contributed by atoms with E-state index >= 15 is 0 Å². The molecule has 3 rings (SSSR count). The second-order valence-electron chi connectivity index (χ2n) is 5.89. The van der Waals surface area contributed by atoms with E-state index < -0.39 is 23.8 Å². The zero-order valence-corrected chi connectivity index (χ0v) is 15.5. The highest BCUT2D eigenvalue weighted by atomic mass is 32.1. The molecule has 2 aromatic carbocycles. The number of aromatic nitrogens is 1. The summed E-state index contributed by atoms with van der Waals surface area (Å²) in [4.78, 5) is 28.4. The van der Waals surface area contributed by atoms with Crippen molar-refractivity contribution in [3.05, 3.63) is 64.9 Å². The van der Waals surface area contributed by atoms with Gasteiger partial charge in [0.05, 0.1) is 10.2 Å². The molecule has 1 atom stereocenters. The highest BCUT2D eigenvalue weighted by Crippen LogP contribution is 2.22. The average Bonchev–Trinajstić information content (AvgIpc) is 3.06. The fourth-order valence-electron chi connectivity index (χ4n) is 2.28. The molecule has 0 saturated heterocycles. The standard InChI is InChI=1S/C20H17FN2O3S/c1-12-7-8-14(11-15(12)21)22-20(25)13(2)26-19(24)10-9-18-23-16-5-3-4-6-17(16)27-18/h3-11,13H,1-2H3,(H,22,25)/b10-9+/t13-/m1/s1. The number of benzene rings is 2. The number of carbonyl (C=O) groups excluding carboxylic acids is 2. The van der Waals surface area contributed by atoms with E-state index in [-0.39, 0.29) is 0 Å². The lowest BCUT2D eigenvalue weighted by Gasteiger charge is -2.12. The average molecular weight is 384 g/mol. The Labute approximate surface area is 159 Å². The van der Waals surface area contributed by atoms with Crippen molar-refractivity contribution in [3.8, 4) is 0 Å². The first-order valence-corrected chi connectivity index (χ1v) is 9.05. The SMILES string of the molecule is Cc1ccc(NC(=O)[C@@H](C)OC(=O)/C=C/c2nc3ccccc3s2)cc1F. The summed E-state index contributed by atoms with van der Waals surface area (Å²) in [6.45, 7) is 3.08. The maximum atomic E-state index is 13.5. The van der Waals surface area contributed by atoms with E-state index in [1.807, 2.05) is 24.3 Å². The molecule has 0 aliphatic rings. The van der Waals surface area contributed by atoms with Gasteiger partial charge in [0.2, 0.25) is 0 Å². The summed E-state index contributed by atoms with van der Waals surface area (Å²) in [7, 11) is 0. The van der Waals surface area contributed by atoms with Crippen molar-refractivity contribution in [1.29, 1.82) is 0 Å². The lowest BCUT2D eigenvalue weighted by Crippen LogP contribution is -2.29. The van der Waals surface area contributed by atoms with Crippen LogP contribution in [0.4, 0.5) is 10.1 Å². The van der Waals surface area contributed by atoms with Gasteiger partial charge >= 0.3 is 5.97 Å². The zero-order valence-electron chi connectivity index (χ0n) is 14.7. The van der Waals surface area contributed by atoms with E-state index in [4.69, 9.17) is 4.74 Å². The number of anilines is 1. The number of hydrogen-bond donors (Lipinski definition) is 1.